The highest BCUT2D eigenvalue weighted by Gasteiger charge is 2.09. The van der Waals surface area contributed by atoms with Gasteiger partial charge in [-0.1, -0.05) is 30.3 Å². The smallest absolute Gasteiger partial charge is 0.160 e. The van der Waals surface area contributed by atoms with Crippen LogP contribution in [0, 0.1) is 0 Å². The lowest BCUT2D eigenvalue weighted by molar-refractivity contribution is 0.189. The summed E-state index contributed by atoms with van der Waals surface area (Å²) in [5.41, 5.74) is 2.19. The Kier molecular flexibility index (Phi) is 4.17. The van der Waals surface area contributed by atoms with Crippen LogP contribution in [0.15, 0.2) is 54.6 Å². The maximum atomic E-state index is 5.12. The minimum atomic E-state index is 0.746. The molecule has 0 bridgehead atoms. The van der Waals surface area contributed by atoms with Gasteiger partial charge in [-0.15, -0.1) is 0 Å². The van der Waals surface area contributed by atoms with Crippen LogP contribution < -0.4 is 5.32 Å². The van der Waals surface area contributed by atoms with Gasteiger partial charge in [0.05, 0.1) is 5.52 Å². The van der Waals surface area contributed by atoms with Gasteiger partial charge in [0.1, 0.15) is 0 Å². The maximum Gasteiger partial charge on any atom is 0.160 e. The molecule has 1 aromatic heterocycles. The van der Waals surface area contributed by atoms with Crippen LogP contribution in [0.25, 0.3) is 10.9 Å². The molecule has 0 atom stereocenters. The van der Waals surface area contributed by atoms with Crippen molar-refractivity contribution in [2.24, 2.45) is 0 Å². The molecule has 2 aromatic carbocycles. The molecule has 1 heterocycles. The highest BCUT2D eigenvalue weighted by Crippen LogP contribution is 2.25. The predicted octanol–water partition coefficient (Wildman–Crippen LogP) is 3.82. The van der Waals surface area contributed by atoms with Gasteiger partial charge in [0.2, 0.25) is 0 Å². The minimum Gasteiger partial charge on any atom is -0.385 e. The number of ether oxygens (including phenoxy) is 1. The Labute approximate surface area is 124 Å². The second kappa shape index (κ2) is 6.41. The summed E-state index contributed by atoms with van der Waals surface area (Å²) in [6, 6.07) is 18.4. The number of rotatable bonds is 6. The molecule has 1 N–H and O–H groups in total. The molecule has 3 rings (SSSR count). The third-order valence-electron chi connectivity index (χ3n) is 3.41. The first-order chi connectivity index (χ1) is 10.4. The largest absolute Gasteiger partial charge is 0.385 e. The summed E-state index contributed by atoms with van der Waals surface area (Å²) < 4.78 is 7.16. The van der Waals surface area contributed by atoms with E-state index >= 15 is 0 Å². The van der Waals surface area contributed by atoms with Crippen molar-refractivity contribution in [2.45, 2.75) is 13.0 Å². The molecule has 0 unspecified atom stereocenters. The van der Waals surface area contributed by atoms with Crippen molar-refractivity contribution < 1.29 is 4.74 Å². The van der Waals surface area contributed by atoms with Crippen LogP contribution in [0.1, 0.15) is 6.42 Å². The Morgan fingerprint density at radius 3 is 2.62 bits per heavy atom. The first-order valence-electron chi connectivity index (χ1n) is 7.15. The van der Waals surface area contributed by atoms with E-state index in [1.807, 2.05) is 47.1 Å². The monoisotopic (exact) mass is 281 g/mol. The van der Waals surface area contributed by atoms with Crippen molar-refractivity contribution in [1.82, 2.24) is 9.78 Å². The number of hydrogen-bond acceptors (Lipinski definition) is 3. The quantitative estimate of drug-likeness (QED) is 0.698. The third-order valence-corrected chi connectivity index (χ3v) is 3.41. The molecule has 0 fully saturated rings. The molecule has 3 aromatic rings. The SMILES string of the molecule is COCCCn1nc(Nc2ccccc2)c2ccccc21. The number of nitrogens with zero attached hydrogens (tertiary/aromatic N) is 2. The lowest BCUT2D eigenvalue weighted by atomic mass is 10.2. The summed E-state index contributed by atoms with van der Waals surface area (Å²) in [6.07, 6.45) is 0.951. The van der Waals surface area contributed by atoms with E-state index in [0.29, 0.717) is 0 Å². The summed E-state index contributed by atoms with van der Waals surface area (Å²) in [5.74, 6) is 0.897. The molecule has 0 amide bonds. The van der Waals surface area contributed by atoms with Crippen LogP contribution in [-0.4, -0.2) is 23.5 Å². The topological polar surface area (TPSA) is 39.1 Å². The van der Waals surface area contributed by atoms with Gasteiger partial charge in [-0.2, -0.15) is 5.10 Å². The molecule has 0 saturated heterocycles. The second-order valence-electron chi connectivity index (χ2n) is 4.93. The van der Waals surface area contributed by atoms with E-state index in [2.05, 4.69) is 17.4 Å². The molecule has 4 nitrogen and oxygen atoms in total. The van der Waals surface area contributed by atoms with Crippen molar-refractivity contribution in [3.63, 3.8) is 0 Å². The molecule has 0 radical (unpaired) electrons. The molecule has 4 heteroatoms. The van der Waals surface area contributed by atoms with Gasteiger partial charge < -0.3 is 10.1 Å². The van der Waals surface area contributed by atoms with Gasteiger partial charge in [-0.05, 0) is 30.7 Å². The van der Waals surface area contributed by atoms with Crippen molar-refractivity contribution in [1.29, 1.82) is 0 Å². The lowest BCUT2D eigenvalue weighted by Gasteiger charge is -2.03. The average Bonchev–Trinajstić information content (AvgIpc) is 2.87. The summed E-state index contributed by atoms with van der Waals surface area (Å²) in [5, 5.41) is 9.24. The number of methoxy groups -OCH3 is 1. The van der Waals surface area contributed by atoms with Crippen LogP contribution in [0.4, 0.5) is 11.5 Å². The molecule has 0 aliphatic rings. The van der Waals surface area contributed by atoms with E-state index in [1.54, 1.807) is 7.11 Å². The van der Waals surface area contributed by atoms with Gasteiger partial charge in [0, 0.05) is 31.3 Å². The van der Waals surface area contributed by atoms with E-state index in [9.17, 15) is 0 Å². The number of para-hydroxylation sites is 2. The molecule has 0 aliphatic heterocycles. The molecule has 0 aliphatic carbocycles. The Balaban J connectivity index is 1.91. The normalized spacial score (nSPS) is 10.9. The Hall–Kier alpha value is -2.33. The van der Waals surface area contributed by atoms with Crippen LogP contribution in [-0.2, 0) is 11.3 Å². The van der Waals surface area contributed by atoms with Gasteiger partial charge in [-0.3, -0.25) is 4.68 Å². The minimum absolute atomic E-state index is 0.746. The Bertz CT molecular complexity index is 706. The zero-order valence-corrected chi connectivity index (χ0v) is 12.1. The number of benzene rings is 2. The van der Waals surface area contributed by atoms with Gasteiger partial charge in [-0.25, -0.2) is 0 Å². The van der Waals surface area contributed by atoms with E-state index in [1.165, 1.54) is 0 Å². The summed E-state index contributed by atoms with van der Waals surface area (Å²) in [4.78, 5) is 0. The summed E-state index contributed by atoms with van der Waals surface area (Å²) in [6.45, 7) is 1.60. The maximum absolute atomic E-state index is 5.12. The van der Waals surface area contributed by atoms with Crippen molar-refractivity contribution >= 4 is 22.4 Å². The average molecular weight is 281 g/mol. The Morgan fingerprint density at radius 1 is 1.05 bits per heavy atom. The highest BCUT2D eigenvalue weighted by molar-refractivity contribution is 5.91. The standard InChI is InChI=1S/C17H19N3O/c1-21-13-7-12-20-16-11-6-5-10-15(16)17(19-20)18-14-8-3-2-4-9-14/h2-6,8-11H,7,12-13H2,1H3,(H,18,19). The van der Waals surface area contributed by atoms with Crippen LogP contribution in [0.5, 0.6) is 0 Å². The molecular formula is C17H19N3O. The van der Waals surface area contributed by atoms with Gasteiger partial charge in [0.15, 0.2) is 5.82 Å². The number of fused-ring (bicyclic) bond motifs is 1. The zero-order valence-electron chi connectivity index (χ0n) is 12.1. The van der Waals surface area contributed by atoms with Crippen molar-refractivity contribution in [3.05, 3.63) is 54.6 Å². The molecule has 21 heavy (non-hydrogen) atoms. The molecular weight excluding hydrogens is 262 g/mol. The third kappa shape index (κ3) is 3.06. The number of nitrogens with one attached hydrogen (secondary N) is 1. The van der Waals surface area contributed by atoms with Crippen molar-refractivity contribution in [2.75, 3.05) is 19.0 Å². The Morgan fingerprint density at radius 2 is 1.81 bits per heavy atom. The zero-order chi connectivity index (χ0) is 14.5. The molecule has 0 spiro atoms. The summed E-state index contributed by atoms with van der Waals surface area (Å²) >= 11 is 0. The fraction of sp³-hybridized carbons (Fsp3) is 0.235. The predicted molar refractivity (Wildman–Crippen MR) is 86.0 cm³/mol. The van der Waals surface area contributed by atoms with Crippen LogP contribution in [0.3, 0.4) is 0 Å². The van der Waals surface area contributed by atoms with Gasteiger partial charge in [0.25, 0.3) is 0 Å². The van der Waals surface area contributed by atoms with Crippen LogP contribution in [0.2, 0.25) is 0 Å². The van der Waals surface area contributed by atoms with E-state index in [0.717, 1.165) is 42.0 Å². The van der Waals surface area contributed by atoms with E-state index in [-0.39, 0.29) is 0 Å². The second-order valence-corrected chi connectivity index (χ2v) is 4.93. The van der Waals surface area contributed by atoms with E-state index in [4.69, 9.17) is 9.84 Å². The number of aromatic nitrogens is 2. The number of hydrogen-bond donors (Lipinski definition) is 1. The molecule has 108 valence electrons. The first-order valence-corrected chi connectivity index (χ1v) is 7.15. The van der Waals surface area contributed by atoms with E-state index < -0.39 is 0 Å². The highest BCUT2D eigenvalue weighted by atomic mass is 16.5. The lowest BCUT2D eigenvalue weighted by Crippen LogP contribution is -2.03. The first kappa shape index (κ1) is 13.6. The van der Waals surface area contributed by atoms with Gasteiger partial charge >= 0.3 is 0 Å². The molecule has 0 saturated carbocycles. The number of aryl methyl sites for hydroxylation is 1. The summed E-state index contributed by atoms with van der Waals surface area (Å²) in [7, 11) is 1.73. The number of anilines is 2. The fourth-order valence-corrected chi connectivity index (χ4v) is 2.41. The van der Waals surface area contributed by atoms with Crippen molar-refractivity contribution in [3.8, 4) is 0 Å². The van der Waals surface area contributed by atoms with Crippen LogP contribution >= 0.6 is 0 Å². The fourth-order valence-electron chi connectivity index (χ4n) is 2.41.